The van der Waals surface area contributed by atoms with Gasteiger partial charge in [-0.2, -0.15) is 0 Å². The van der Waals surface area contributed by atoms with Crippen molar-refractivity contribution >= 4 is 17.9 Å². The van der Waals surface area contributed by atoms with E-state index in [-0.39, 0.29) is 6.61 Å². The van der Waals surface area contributed by atoms with Gasteiger partial charge in [-0.05, 0) is 26.3 Å². The van der Waals surface area contributed by atoms with Gasteiger partial charge in [0.15, 0.2) is 0 Å². The van der Waals surface area contributed by atoms with Crippen LogP contribution in [0.25, 0.3) is 0 Å². The van der Waals surface area contributed by atoms with Crippen LogP contribution in [-0.4, -0.2) is 61.9 Å². The number of methoxy groups -OCH3 is 1. The van der Waals surface area contributed by atoms with Crippen molar-refractivity contribution in [2.24, 2.45) is 0 Å². The van der Waals surface area contributed by atoms with E-state index >= 15 is 0 Å². The normalized spacial score (nSPS) is 23.7. The van der Waals surface area contributed by atoms with E-state index in [0.717, 1.165) is 0 Å². The molecule has 0 aromatic heterocycles. The number of esters is 2. The number of hydrogen-bond donors (Lipinski definition) is 3. The molecule has 1 rings (SSSR count). The van der Waals surface area contributed by atoms with E-state index in [2.05, 4.69) is 15.4 Å². The zero-order chi connectivity index (χ0) is 15.1. The first-order chi connectivity index (χ1) is 9.49. The Bertz CT molecular complexity index is 373. The SMILES string of the molecule is CNC(COC(=O)C1CCCC(C(=O)OC)N1)C(=O)O. The number of piperidine rings is 1. The molecule has 0 saturated carbocycles. The van der Waals surface area contributed by atoms with Crippen LogP contribution in [0.3, 0.4) is 0 Å². The lowest BCUT2D eigenvalue weighted by atomic mass is 9.98. The van der Waals surface area contributed by atoms with Gasteiger partial charge in [-0.1, -0.05) is 0 Å². The summed E-state index contributed by atoms with van der Waals surface area (Å²) in [7, 11) is 2.76. The summed E-state index contributed by atoms with van der Waals surface area (Å²) < 4.78 is 9.58. The fraction of sp³-hybridized carbons (Fsp3) is 0.750. The number of hydrogen-bond acceptors (Lipinski definition) is 7. The van der Waals surface area contributed by atoms with Crippen molar-refractivity contribution in [3.05, 3.63) is 0 Å². The van der Waals surface area contributed by atoms with Gasteiger partial charge in [0.2, 0.25) is 0 Å². The molecule has 8 heteroatoms. The van der Waals surface area contributed by atoms with Gasteiger partial charge in [-0.25, -0.2) is 0 Å². The minimum atomic E-state index is -1.09. The topological polar surface area (TPSA) is 114 Å². The summed E-state index contributed by atoms with van der Waals surface area (Å²) in [5.41, 5.74) is 0. The van der Waals surface area contributed by atoms with Gasteiger partial charge in [-0.3, -0.25) is 19.7 Å². The largest absolute Gasteiger partial charge is 0.480 e. The molecule has 3 atom stereocenters. The second-order valence-electron chi connectivity index (χ2n) is 4.54. The van der Waals surface area contributed by atoms with E-state index in [9.17, 15) is 14.4 Å². The molecule has 0 aromatic rings. The number of aliphatic carboxylic acids is 1. The standard InChI is InChI=1S/C12H20N2O6/c1-13-9(10(15)16)6-20-12(18)8-5-3-4-7(14-8)11(17)19-2/h7-9,13-14H,3-6H2,1-2H3,(H,15,16). The zero-order valence-corrected chi connectivity index (χ0v) is 11.5. The smallest absolute Gasteiger partial charge is 0.324 e. The number of carbonyl (C=O) groups excluding carboxylic acids is 2. The summed E-state index contributed by atoms with van der Waals surface area (Å²) in [6.07, 6.45) is 1.84. The van der Waals surface area contributed by atoms with E-state index in [1.54, 1.807) is 0 Å². The summed E-state index contributed by atoms with van der Waals surface area (Å²) in [6, 6.07) is -2.08. The number of nitrogens with one attached hydrogen (secondary N) is 2. The number of rotatable bonds is 6. The third-order valence-corrected chi connectivity index (χ3v) is 3.20. The Kier molecular flexibility index (Phi) is 6.40. The molecule has 0 aliphatic carbocycles. The Morgan fingerprint density at radius 1 is 1.30 bits per heavy atom. The minimum absolute atomic E-state index is 0.258. The Morgan fingerprint density at radius 2 is 1.90 bits per heavy atom. The van der Waals surface area contributed by atoms with Crippen LogP contribution in [-0.2, 0) is 23.9 Å². The highest BCUT2D eigenvalue weighted by Gasteiger charge is 2.32. The first kappa shape index (κ1) is 16.4. The molecule has 0 spiro atoms. The van der Waals surface area contributed by atoms with E-state index in [1.165, 1.54) is 14.2 Å². The summed E-state index contributed by atoms with van der Waals surface area (Å²) in [5, 5.41) is 14.2. The molecular formula is C12H20N2O6. The van der Waals surface area contributed by atoms with Gasteiger partial charge in [0.05, 0.1) is 7.11 Å². The van der Waals surface area contributed by atoms with E-state index in [0.29, 0.717) is 19.3 Å². The second-order valence-corrected chi connectivity index (χ2v) is 4.54. The van der Waals surface area contributed by atoms with Crippen LogP contribution in [0.4, 0.5) is 0 Å². The van der Waals surface area contributed by atoms with Crippen molar-refractivity contribution in [1.29, 1.82) is 0 Å². The summed E-state index contributed by atoms with van der Waals surface area (Å²) in [4.78, 5) is 34.0. The maximum Gasteiger partial charge on any atom is 0.324 e. The molecule has 20 heavy (non-hydrogen) atoms. The van der Waals surface area contributed by atoms with Crippen LogP contribution in [0.15, 0.2) is 0 Å². The molecule has 3 unspecified atom stereocenters. The predicted octanol–water partition coefficient (Wildman–Crippen LogP) is -1.11. The van der Waals surface area contributed by atoms with Crippen molar-refractivity contribution in [1.82, 2.24) is 10.6 Å². The highest BCUT2D eigenvalue weighted by molar-refractivity contribution is 5.80. The monoisotopic (exact) mass is 288 g/mol. The first-order valence-electron chi connectivity index (χ1n) is 6.40. The van der Waals surface area contributed by atoms with Crippen LogP contribution in [0, 0.1) is 0 Å². The Morgan fingerprint density at radius 3 is 2.40 bits per heavy atom. The van der Waals surface area contributed by atoms with Crippen LogP contribution in [0.5, 0.6) is 0 Å². The zero-order valence-electron chi connectivity index (χ0n) is 11.5. The van der Waals surface area contributed by atoms with Crippen LogP contribution in [0.1, 0.15) is 19.3 Å². The lowest BCUT2D eigenvalue weighted by molar-refractivity contribution is -0.152. The molecule has 1 saturated heterocycles. The van der Waals surface area contributed by atoms with Crippen molar-refractivity contribution in [2.45, 2.75) is 37.4 Å². The van der Waals surface area contributed by atoms with Gasteiger partial charge in [0.25, 0.3) is 0 Å². The highest BCUT2D eigenvalue weighted by atomic mass is 16.5. The molecule has 114 valence electrons. The van der Waals surface area contributed by atoms with Crippen LogP contribution >= 0.6 is 0 Å². The molecule has 0 aromatic carbocycles. The van der Waals surface area contributed by atoms with Crippen molar-refractivity contribution in [3.63, 3.8) is 0 Å². The number of carbonyl (C=O) groups is 3. The number of likely N-dealkylation sites (N-methyl/N-ethyl adjacent to an activating group) is 1. The average molecular weight is 288 g/mol. The van der Waals surface area contributed by atoms with Gasteiger partial charge >= 0.3 is 17.9 Å². The summed E-state index contributed by atoms with van der Waals surface area (Å²) in [5.74, 6) is -2.06. The molecule has 0 bridgehead atoms. The van der Waals surface area contributed by atoms with Gasteiger partial charge in [0.1, 0.15) is 24.7 Å². The summed E-state index contributed by atoms with van der Waals surface area (Å²) in [6.45, 7) is -0.258. The number of ether oxygens (including phenoxy) is 2. The lowest BCUT2D eigenvalue weighted by Gasteiger charge is -2.28. The molecule has 1 heterocycles. The molecular weight excluding hydrogens is 268 g/mol. The lowest BCUT2D eigenvalue weighted by Crippen LogP contribution is -2.51. The van der Waals surface area contributed by atoms with E-state index in [4.69, 9.17) is 9.84 Å². The Hall–Kier alpha value is -1.67. The third kappa shape index (κ3) is 4.46. The first-order valence-corrected chi connectivity index (χ1v) is 6.40. The van der Waals surface area contributed by atoms with Gasteiger partial charge in [-0.15, -0.1) is 0 Å². The van der Waals surface area contributed by atoms with Crippen LogP contribution in [0.2, 0.25) is 0 Å². The second kappa shape index (κ2) is 7.81. The quantitative estimate of drug-likeness (QED) is 0.527. The molecule has 1 aliphatic heterocycles. The van der Waals surface area contributed by atoms with Gasteiger partial charge in [0, 0.05) is 0 Å². The highest BCUT2D eigenvalue weighted by Crippen LogP contribution is 2.14. The fourth-order valence-corrected chi connectivity index (χ4v) is 1.99. The molecule has 1 fully saturated rings. The molecule has 0 radical (unpaired) electrons. The molecule has 1 aliphatic rings. The van der Waals surface area contributed by atoms with Crippen molar-refractivity contribution in [3.8, 4) is 0 Å². The number of carboxylic acids is 1. The maximum absolute atomic E-state index is 11.8. The molecule has 8 nitrogen and oxygen atoms in total. The maximum atomic E-state index is 11.8. The fourth-order valence-electron chi connectivity index (χ4n) is 1.99. The van der Waals surface area contributed by atoms with E-state index in [1.807, 2.05) is 0 Å². The van der Waals surface area contributed by atoms with Crippen LogP contribution < -0.4 is 10.6 Å². The Balaban J connectivity index is 2.46. The molecule has 0 amide bonds. The predicted molar refractivity (Wildman–Crippen MR) is 68.0 cm³/mol. The average Bonchev–Trinajstić information content (AvgIpc) is 2.46. The summed E-state index contributed by atoms with van der Waals surface area (Å²) >= 11 is 0. The minimum Gasteiger partial charge on any atom is -0.480 e. The molecule has 3 N–H and O–H groups in total. The van der Waals surface area contributed by atoms with Crippen molar-refractivity contribution in [2.75, 3.05) is 20.8 Å². The van der Waals surface area contributed by atoms with E-state index < -0.39 is 36.0 Å². The Labute approximate surface area is 116 Å². The third-order valence-electron chi connectivity index (χ3n) is 3.20. The van der Waals surface area contributed by atoms with Gasteiger partial charge < -0.3 is 19.9 Å². The van der Waals surface area contributed by atoms with Crippen molar-refractivity contribution < 1.29 is 29.0 Å². The number of carboxylic acid groups (broad SMARTS) is 1.